The third-order valence-electron chi connectivity index (χ3n) is 4.38. The minimum Gasteiger partial charge on any atom is -0.437 e. The van der Waals surface area contributed by atoms with Gasteiger partial charge in [-0.1, -0.05) is 18.2 Å². The second kappa shape index (κ2) is 7.61. The maximum absolute atomic E-state index is 12.6. The summed E-state index contributed by atoms with van der Waals surface area (Å²) in [5.74, 6) is 1.33. The highest BCUT2D eigenvalue weighted by molar-refractivity contribution is 7.07. The summed E-state index contributed by atoms with van der Waals surface area (Å²) in [6.07, 6.45) is 5.28. The summed E-state index contributed by atoms with van der Waals surface area (Å²) in [5.41, 5.74) is 3.06. The highest BCUT2D eigenvalue weighted by Crippen LogP contribution is 2.28. The second-order valence-corrected chi connectivity index (χ2v) is 6.88. The van der Waals surface area contributed by atoms with Crippen LogP contribution in [-0.4, -0.2) is 38.8 Å². The van der Waals surface area contributed by atoms with E-state index in [9.17, 15) is 4.79 Å². The van der Waals surface area contributed by atoms with E-state index in [2.05, 4.69) is 15.0 Å². The van der Waals surface area contributed by atoms with Gasteiger partial charge in [0.15, 0.2) is 0 Å². The van der Waals surface area contributed by atoms with Crippen molar-refractivity contribution in [3.05, 3.63) is 65.0 Å². The van der Waals surface area contributed by atoms with E-state index in [0.29, 0.717) is 18.1 Å². The minimum atomic E-state index is -0.0133. The quantitative estimate of drug-likeness (QED) is 0.703. The van der Waals surface area contributed by atoms with Gasteiger partial charge in [-0.15, -0.1) is 11.3 Å². The Hall–Kier alpha value is -2.80. The van der Waals surface area contributed by atoms with Gasteiger partial charge in [0, 0.05) is 30.6 Å². The summed E-state index contributed by atoms with van der Waals surface area (Å²) < 4.78 is 5.78. The zero-order valence-electron chi connectivity index (χ0n) is 14.1. The number of piperidine rings is 1. The fraction of sp³-hybridized carbons (Fsp3) is 0.263. The van der Waals surface area contributed by atoms with Gasteiger partial charge in [0.05, 0.1) is 17.4 Å². The van der Waals surface area contributed by atoms with E-state index >= 15 is 0 Å². The van der Waals surface area contributed by atoms with Gasteiger partial charge in [-0.05, 0) is 25.0 Å². The number of carbonyl (C=O) groups is 1. The number of rotatable bonds is 4. The molecule has 0 radical (unpaired) electrons. The third-order valence-corrected chi connectivity index (χ3v) is 4.96. The van der Waals surface area contributed by atoms with Crippen LogP contribution in [0.4, 0.5) is 0 Å². The summed E-state index contributed by atoms with van der Waals surface area (Å²) in [6, 6.07) is 9.52. The van der Waals surface area contributed by atoms with E-state index in [0.717, 1.165) is 30.8 Å². The summed E-state index contributed by atoms with van der Waals surface area (Å²) in [6.45, 7) is 1.38. The molecular formula is C19H18N4O2S. The van der Waals surface area contributed by atoms with Crippen LogP contribution in [0.15, 0.2) is 53.6 Å². The average molecular weight is 366 g/mol. The molecule has 1 aliphatic rings. The van der Waals surface area contributed by atoms with Crippen LogP contribution >= 0.6 is 11.3 Å². The third kappa shape index (κ3) is 3.72. The first-order valence-corrected chi connectivity index (χ1v) is 9.46. The molecule has 26 heavy (non-hydrogen) atoms. The van der Waals surface area contributed by atoms with Crippen molar-refractivity contribution in [1.29, 1.82) is 0 Å². The van der Waals surface area contributed by atoms with Crippen LogP contribution < -0.4 is 4.74 Å². The molecule has 1 saturated heterocycles. The van der Waals surface area contributed by atoms with Crippen molar-refractivity contribution in [2.24, 2.45) is 0 Å². The summed E-state index contributed by atoms with van der Waals surface area (Å²) >= 11 is 1.43. The van der Waals surface area contributed by atoms with Crippen LogP contribution in [0.3, 0.4) is 0 Å². The first-order chi connectivity index (χ1) is 12.8. The largest absolute Gasteiger partial charge is 0.437 e. The van der Waals surface area contributed by atoms with Gasteiger partial charge >= 0.3 is 0 Å². The molecule has 1 aliphatic heterocycles. The molecule has 6 nitrogen and oxygen atoms in total. The average Bonchev–Trinajstić information content (AvgIpc) is 3.23. The minimum absolute atomic E-state index is 0.0133. The number of carbonyl (C=O) groups excluding carboxylic acids is 1. The molecule has 0 saturated carbocycles. The smallest absolute Gasteiger partial charge is 0.273 e. The molecule has 0 N–H and O–H groups in total. The zero-order valence-corrected chi connectivity index (χ0v) is 14.9. The number of amides is 1. The molecule has 132 valence electrons. The predicted octanol–water partition coefficient (Wildman–Crippen LogP) is 3.75. The van der Waals surface area contributed by atoms with E-state index in [4.69, 9.17) is 4.74 Å². The Labute approximate surface area is 155 Å². The van der Waals surface area contributed by atoms with Crippen LogP contribution in [-0.2, 0) is 0 Å². The molecule has 1 amide bonds. The van der Waals surface area contributed by atoms with Crippen LogP contribution in [0.25, 0.3) is 0 Å². The molecule has 2 aromatic heterocycles. The summed E-state index contributed by atoms with van der Waals surface area (Å²) in [5, 5.41) is 1.79. The van der Waals surface area contributed by atoms with Crippen molar-refractivity contribution in [2.75, 3.05) is 13.1 Å². The van der Waals surface area contributed by atoms with Crippen LogP contribution in [0.1, 0.15) is 34.9 Å². The normalized spacial score (nSPS) is 17.1. The Morgan fingerprint density at radius 1 is 1.23 bits per heavy atom. The maximum atomic E-state index is 12.6. The van der Waals surface area contributed by atoms with Crippen molar-refractivity contribution < 1.29 is 9.53 Å². The lowest BCUT2D eigenvalue weighted by molar-refractivity contribution is 0.0700. The fourth-order valence-electron chi connectivity index (χ4n) is 3.10. The molecular weight excluding hydrogens is 348 g/mol. The Kier molecular flexibility index (Phi) is 4.88. The molecule has 4 rings (SSSR count). The first kappa shape index (κ1) is 16.7. The number of hydrogen-bond acceptors (Lipinski definition) is 6. The topological polar surface area (TPSA) is 68.2 Å². The molecule has 0 unspecified atom stereocenters. The van der Waals surface area contributed by atoms with Crippen molar-refractivity contribution in [1.82, 2.24) is 19.9 Å². The van der Waals surface area contributed by atoms with Gasteiger partial charge in [0.1, 0.15) is 11.4 Å². The van der Waals surface area contributed by atoms with Crippen molar-refractivity contribution in [3.63, 3.8) is 0 Å². The highest BCUT2D eigenvalue weighted by Gasteiger charge is 2.27. The highest BCUT2D eigenvalue weighted by atomic mass is 32.1. The molecule has 3 aromatic rings. The zero-order chi connectivity index (χ0) is 17.8. The lowest BCUT2D eigenvalue weighted by Gasteiger charge is -2.32. The Morgan fingerprint density at radius 3 is 2.92 bits per heavy atom. The Bertz CT molecular complexity index is 870. The monoisotopic (exact) mass is 366 g/mol. The molecule has 0 bridgehead atoms. The maximum Gasteiger partial charge on any atom is 0.273 e. The molecule has 0 spiro atoms. The van der Waals surface area contributed by atoms with Crippen LogP contribution in [0.5, 0.6) is 11.6 Å². The van der Waals surface area contributed by atoms with Crippen molar-refractivity contribution in [3.8, 4) is 11.6 Å². The van der Waals surface area contributed by atoms with Gasteiger partial charge < -0.3 is 9.64 Å². The molecule has 1 atom stereocenters. The molecule has 0 aliphatic carbocycles. The number of thiazole rings is 1. The van der Waals surface area contributed by atoms with Crippen LogP contribution in [0, 0.1) is 0 Å². The number of ether oxygens (including phenoxy) is 1. The predicted molar refractivity (Wildman–Crippen MR) is 98.5 cm³/mol. The number of nitrogens with zero attached hydrogens (tertiary/aromatic N) is 4. The summed E-state index contributed by atoms with van der Waals surface area (Å²) in [4.78, 5) is 27.4. The van der Waals surface area contributed by atoms with Crippen molar-refractivity contribution in [2.45, 2.75) is 18.8 Å². The van der Waals surface area contributed by atoms with Crippen LogP contribution in [0.2, 0.25) is 0 Å². The number of aromatic nitrogens is 3. The van der Waals surface area contributed by atoms with Gasteiger partial charge in [-0.25, -0.2) is 9.97 Å². The van der Waals surface area contributed by atoms with Crippen molar-refractivity contribution >= 4 is 17.2 Å². The number of hydrogen-bond donors (Lipinski definition) is 0. The van der Waals surface area contributed by atoms with Gasteiger partial charge in [0.2, 0.25) is 5.88 Å². The lowest BCUT2D eigenvalue weighted by Crippen LogP contribution is -2.39. The number of likely N-dealkylation sites (tertiary alicyclic amines) is 1. The summed E-state index contributed by atoms with van der Waals surface area (Å²) in [7, 11) is 0. The SMILES string of the molecule is O=C(c1cscn1)N1CCC[C@H](c2cncc(Oc3ccccc3)n2)C1. The standard InChI is InChI=1S/C19H18N4O2S/c24-19(17-12-26-13-21-17)23-8-4-5-14(11-23)16-9-20-10-18(22-16)25-15-6-2-1-3-7-15/h1-3,6-7,9-10,12-14H,4-5,8,11H2/t14-/m0/s1. The lowest BCUT2D eigenvalue weighted by atomic mass is 9.95. The van der Waals surface area contributed by atoms with Gasteiger partial charge in [-0.2, -0.15) is 0 Å². The fourth-order valence-corrected chi connectivity index (χ4v) is 3.63. The Morgan fingerprint density at radius 2 is 2.12 bits per heavy atom. The molecule has 1 fully saturated rings. The van der Waals surface area contributed by atoms with E-state index in [1.54, 1.807) is 23.3 Å². The number of para-hydroxylation sites is 1. The van der Waals surface area contributed by atoms with E-state index in [-0.39, 0.29) is 11.8 Å². The van der Waals surface area contributed by atoms with E-state index in [1.807, 2.05) is 35.2 Å². The second-order valence-electron chi connectivity index (χ2n) is 6.16. The first-order valence-electron chi connectivity index (χ1n) is 8.52. The van der Waals surface area contributed by atoms with Gasteiger partial charge in [0.25, 0.3) is 5.91 Å². The van der Waals surface area contributed by atoms with E-state index < -0.39 is 0 Å². The molecule has 3 heterocycles. The van der Waals surface area contributed by atoms with Gasteiger partial charge in [-0.3, -0.25) is 9.78 Å². The number of benzene rings is 1. The Balaban J connectivity index is 1.48. The molecule has 1 aromatic carbocycles. The molecule has 7 heteroatoms. The van der Waals surface area contributed by atoms with E-state index in [1.165, 1.54) is 11.3 Å².